The highest BCUT2D eigenvalue weighted by Gasteiger charge is 2.41. The Kier molecular flexibility index (Phi) is 5.85. The standard InChI is InChI=1S/C19H25ClN4O4S/c20-14-4-5-15-16(12-21-17(15)11-14)13-6-9-23(10-7-13)29(27,28)24-8-2-1-3-18(24)19(25)22-26/h4-5,11-13,18,21,26H,1-3,6-10H2,(H,22,25). The second-order valence-electron chi connectivity index (χ2n) is 7.71. The molecule has 0 saturated carbocycles. The van der Waals surface area contributed by atoms with Gasteiger partial charge in [0.05, 0.1) is 0 Å². The summed E-state index contributed by atoms with van der Waals surface area (Å²) in [4.78, 5) is 15.2. The molecule has 1 aromatic carbocycles. The monoisotopic (exact) mass is 440 g/mol. The Balaban J connectivity index is 1.48. The lowest BCUT2D eigenvalue weighted by Crippen LogP contribution is -2.56. The maximum Gasteiger partial charge on any atom is 0.282 e. The second kappa shape index (κ2) is 8.23. The molecule has 2 fully saturated rings. The van der Waals surface area contributed by atoms with Gasteiger partial charge in [-0.05, 0) is 49.3 Å². The largest absolute Gasteiger partial charge is 0.361 e. The van der Waals surface area contributed by atoms with Crippen LogP contribution >= 0.6 is 11.6 Å². The van der Waals surface area contributed by atoms with E-state index in [1.54, 1.807) is 5.48 Å². The number of nitrogens with one attached hydrogen (secondary N) is 2. The summed E-state index contributed by atoms with van der Waals surface area (Å²) in [5.41, 5.74) is 3.77. The summed E-state index contributed by atoms with van der Waals surface area (Å²) in [5, 5.41) is 10.8. The first kappa shape index (κ1) is 20.6. The summed E-state index contributed by atoms with van der Waals surface area (Å²) >= 11 is 6.06. The molecule has 1 aromatic heterocycles. The molecule has 29 heavy (non-hydrogen) atoms. The third kappa shape index (κ3) is 3.89. The van der Waals surface area contributed by atoms with Crippen molar-refractivity contribution in [3.63, 3.8) is 0 Å². The number of halogens is 1. The molecule has 2 aromatic rings. The van der Waals surface area contributed by atoms with Gasteiger partial charge in [-0.1, -0.05) is 24.1 Å². The number of benzene rings is 1. The van der Waals surface area contributed by atoms with Gasteiger partial charge in [-0.15, -0.1) is 0 Å². The fourth-order valence-electron chi connectivity index (χ4n) is 4.52. The summed E-state index contributed by atoms with van der Waals surface area (Å²) in [6.07, 6.45) is 5.29. The molecule has 2 aliphatic heterocycles. The number of piperidine rings is 2. The van der Waals surface area contributed by atoms with E-state index in [1.807, 2.05) is 24.4 Å². The first-order valence-corrected chi connectivity index (χ1v) is 11.7. The van der Waals surface area contributed by atoms with Gasteiger partial charge in [0.15, 0.2) is 0 Å². The zero-order chi connectivity index (χ0) is 20.6. The van der Waals surface area contributed by atoms with Crippen LogP contribution in [0, 0.1) is 0 Å². The molecule has 3 heterocycles. The van der Waals surface area contributed by atoms with Crippen molar-refractivity contribution in [3.8, 4) is 0 Å². The van der Waals surface area contributed by atoms with E-state index >= 15 is 0 Å². The maximum absolute atomic E-state index is 13.2. The number of carbonyl (C=O) groups excluding carboxylic acids is 1. The number of aromatic amines is 1. The summed E-state index contributed by atoms with van der Waals surface area (Å²) in [6, 6.07) is 4.90. The van der Waals surface area contributed by atoms with Crippen molar-refractivity contribution in [1.29, 1.82) is 0 Å². The normalized spacial score (nSPS) is 22.8. The van der Waals surface area contributed by atoms with Gasteiger partial charge in [-0.25, -0.2) is 5.48 Å². The van der Waals surface area contributed by atoms with Crippen LogP contribution in [0.3, 0.4) is 0 Å². The van der Waals surface area contributed by atoms with Gasteiger partial charge >= 0.3 is 0 Å². The van der Waals surface area contributed by atoms with Gasteiger partial charge in [0.2, 0.25) is 0 Å². The molecule has 0 spiro atoms. The molecular weight excluding hydrogens is 416 g/mol. The number of hydrogen-bond donors (Lipinski definition) is 3. The van der Waals surface area contributed by atoms with Crippen molar-refractivity contribution in [1.82, 2.24) is 19.1 Å². The molecule has 0 bridgehead atoms. The third-order valence-electron chi connectivity index (χ3n) is 6.06. The summed E-state index contributed by atoms with van der Waals surface area (Å²) < 4.78 is 29.1. The highest BCUT2D eigenvalue weighted by Crippen LogP contribution is 2.35. The number of fused-ring (bicyclic) bond motifs is 1. The number of H-pyrrole nitrogens is 1. The molecule has 3 N–H and O–H groups in total. The SMILES string of the molecule is O=C(NO)C1CCCCN1S(=O)(=O)N1CCC(c2c[nH]c3cc(Cl)ccc23)CC1. The minimum absolute atomic E-state index is 0.259. The van der Waals surface area contributed by atoms with Crippen LogP contribution < -0.4 is 5.48 Å². The van der Waals surface area contributed by atoms with Crippen molar-refractivity contribution in [2.75, 3.05) is 19.6 Å². The van der Waals surface area contributed by atoms with Crippen LogP contribution in [0.5, 0.6) is 0 Å². The van der Waals surface area contributed by atoms with Crippen LogP contribution in [-0.4, -0.2) is 58.8 Å². The van der Waals surface area contributed by atoms with Gasteiger partial charge in [-0.2, -0.15) is 17.0 Å². The van der Waals surface area contributed by atoms with Crippen LogP contribution in [0.1, 0.15) is 43.6 Å². The highest BCUT2D eigenvalue weighted by molar-refractivity contribution is 7.86. The average molecular weight is 441 g/mol. The summed E-state index contributed by atoms with van der Waals surface area (Å²) in [6.45, 7) is 1.10. The Bertz CT molecular complexity index is 1000. The number of aromatic nitrogens is 1. The Morgan fingerprint density at radius 2 is 1.93 bits per heavy atom. The van der Waals surface area contributed by atoms with Gasteiger partial charge < -0.3 is 4.98 Å². The smallest absolute Gasteiger partial charge is 0.282 e. The quantitative estimate of drug-likeness (QED) is 0.501. The van der Waals surface area contributed by atoms with E-state index in [0.29, 0.717) is 50.3 Å². The van der Waals surface area contributed by atoms with Gasteiger partial charge in [0.25, 0.3) is 16.1 Å². The number of nitrogens with zero attached hydrogens (tertiary/aromatic N) is 2. The van der Waals surface area contributed by atoms with Crippen molar-refractivity contribution in [2.45, 2.75) is 44.1 Å². The molecular formula is C19H25ClN4O4S. The Morgan fingerprint density at radius 1 is 1.17 bits per heavy atom. The molecule has 1 atom stereocenters. The predicted molar refractivity (Wildman–Crippen MR) is 110 cm³/mol. The number of carbonyl (C=O) groups is 1. The number of amides is 1. The number of hydrogen-bond acceptors (Lipinski definition) is 4. The maximum atomic E-state index is 13.2. The van der Waals surface area contributed by atoms with E-state index in [1.165, 1.54) is 14.2 Å². The molecule has 2 aliphatic rings. The molecule has 1 amide bonds. The van der Waals surface area contributed by atoms with Crippen molar-refractivity contribution in [2.24, 2.45) is 0 Å². The minimum Gasteiger partial charge on any atom is -0.361 e. The molecule has 0 aliphatic carbocycles. The molecule has 2 saturated heterocycles. The second-order valence-corrected chi connectivity index (χ2v) is 10.0. The van der Waals surface area contributed by atoms with Gasteiger partial charge in [-0.3, -0.25) is 10.0 Å². The Hall–Kier alpha value is -1.65. The zero-order valence-corrected chi connectivity index (χ0v) is 17.5. The Labute approximate surface area is 175 Å². The highest BCUT2D eigenvalue weighted by atomic mass is 35.5. The molecule has 8 nitrogen and oxygen atoms in total. The molecule has 1 unspecified atom stereocenters. The lowest BCUT2D eigenvalue weighted by molar-refractivity contribution is -0.134. The van der Waals surface area contributed by atoms with E-state index in [-0.39, 0.29) is 5.92 Å². The average Bonchev–Trinajstić information content (AvgIpc) is 3.16. The van der Waals surface area contributed by atoms with Gasteiger partial charge in [0.1, 0.15) is 6.04 Å². The van der Waals surface area contributed by atoms with E-state index in [9.17, 15) is 13.2 Å². The Morgan fingerprint density at radius 3 is 2.66 bits per heavy atom. The first-order valence-electron chi connectivity index (χ1n) is 9.89. The van der Waals surface area contributed by atoms with Crippen molar-refractivity contribution < 1.29 is 18.4 Å². The summed E-state index contributed by atoms with van der Waals surface area (Å²) in [7, 11) is -3.76. The van der Waals surface area contributed by atoms with E-state index in [4.69, 9.17) is 16.8 Å². The van der Waals surface area contributed by atoms with E-state index < -0.39 is 22.2 Å². The third-order valence-corrected chi connectivity index (χ3v) is 8.34. The zero-order valence-electron chi connectivity index (χ0n) is 16.0. The number of rotatable bonds is 4. The van der Waals surface area contributed by atoms with E-state index in [0.717, 1.165) is 17.3 Å². The summed E-state index contributed by atoms with van der Waals surface area (Å²) in [5.74, 6) is -0.408. The molecule has 4 rings (SSSR count). The predicted octanol–water partition coefficient (Wildman–Crippen LogP) is 2.61. The van der Waals surface area contributed by atoms with Crippen LogP contribution in [0.4, 0.5) is 0 Å². The van der Waals surface area contributed by atoms with Crippen LogP contribution in [-0.2, 0) is 15.0 Å². The fraction of sp³-hybridized carbons (Fsp3) is 0.526. The van der Waals surface area contributed by atoms with Crippen LogP contribution in [0.25, 0.3) is 10.9 Å². The fourth-order valence-corrected chi connectivity index (χ4v) is 6.55. The lowest BCUT2D eigenvalue weighted by Gasteiger charge is -2.39. The van der Waals surface area contributed by atoms with Gasteiger partial charge in [0, 0.05) is 41.8 Å². The molecule has 158 valence electrons. The van der Waals surface area contributed by atoms with E-state index in [2.05, 4.69) is 4.98 Å². The molecule has 10 heteroatoms. The lowest BCUT2D eigenvalue weighted by atomic mass is 9.90. The van der Waals surface area contributed by atoms with Crippen LogP contribution in [0.2, 0.25) is 5.02 Å². The van der Waals surface area contributed by atoms with Crippen molar-refractivity contribution >= 4 is 38.6 Å². The topological polar surface area (TPSA) is 106 Å². The first-order chi connectivity index (χ1) is 13.9. The molecule has 0 radical (unpaired) electrons. The van der Waals surface area contributed by atoms with Crippen molar-refractivity contribution in [3.05, 3.63) is 35.0 Å². The van der Waals surface area contributed by atoms with Crippen LogP contribution in [0.15, 0.2) is 24.4 Å². The minimum atomic E-state index is -3.76. The number of hydroxylamine groups is 1.